The Bertz CT molecular complexity index is 1010. The number of ether oxygens (including phenoxy) is 1. The van der Waals surface area contributed by atoms with Gasteiger partial charge in [0.05, 0.1) is 13.7 Å². The summed E-state index contributed by atoms with van der Waals surface area (Å²) < 4.78 is 5.28. The zero-order valence-electron chi connectivity index (χ0n) is 19.6. The Labute approximate surface area is 195 Å². The van der Waals surface area contributed by atoms with E-state index in [1.165, 1.54) is 4.90 Å². The molecule has 176 valence electrons. The van der Waals surface area contributed by atoms with Crippen LogP contribution in [0.15, 0.2) is 53.5 Å². The highest BCUT2D eigenvalue weighted by Gasteiger charge is 2.43. The molecule has 0 radical (unpaired) electrons. The summed E-state index contributed by atoms with van der Waals surface area (Å²) in [5.74, 6) is 0.834. The lowest BCUT2D eigenvalue weighted by atomic mass is 9.92. The van der Waals surface area contributed by atoms with Crippen LogP contribution in [-0.2, 0) is 24.3 Å². The molecule has 0 aromatic heterocycles. The predicted octanol–water partition coefficient (Wildman–Crippen LogP) is 2.95. The Morgan fingerprint density at radius 3 is 2.55 bits per heavy atom. The number of urea groups is 1. The van der Waals surface area contributed by atoms with E-state index in [4.69, 9.17) is 10.5 Å². The topological polar surface area (TPSA) is 109 Å². The maximum atomic E-state index is 13.2. The van der Waals surface area contributed by atoms with Crippen LogP contribution < -0.4 is 21.1 Å². The van der Waals surface area contributed by atoms with Crippen LogP contribution >= 0.6 is 0 Å². The lowest BCUT2D eigenvalue weighted by Gasteiger charge is -2.22. The number of guanidine groups is 1. The van der Waals surface area contributed by atoms with Gasteiger partial charge in [-0.2, -0.15) is 0 Å². The van der Waals surface area contributed by atoms with Crippen molar-refractivity contribution < 1.29 is 14.3 Å². The molecular weight excluding hydrogens is 418 g/mol. The number of unbranched alkanes of at least 4 members (excludes halogenated alkanes) is 1. The second-order valence-electron chi connectivity index (χ2n) is 8.44. The van der Waals surface area contributed by atoms with Gasteiger partial charge in [0.2, 0.25) is 0 Å². The maximum Gasteiger partial charge on any atom is 0.315 e. The van der Waals surface area contributed by atoms with E-state index in [1.807, 2.05) is 55.5 Å². The molecule has 4 N–H and O–H groups in total. The first-order valence-corrected chi connectivity index (χ1v) is 11.2. The van der Waals surface area contributed by atoms with Gasteiger partial charge in [0.15, 0.2) is 5.96 Å². The molecule has 0 fully saturated rings. The number of hydrogen-bond acceptors (Lipinski definition) is 5. The molecule has 0 spiro atoms. The highest BCUT2D eigenvalue weighted by molar-refractivity contribution is 6.06. The summed E-state index contributed by atoms with van der Waals surface area (Å²) in [4.78, 5) is 31.0. The third kappa shape index (κ3) is 6.25. The van der Waals surface area contributed by atoms with E-state index in [9.17, 15) is 9.59 Å². The monoisotopic (exact) mass is 451 g/mol. The predicted molar refractivity (Wildman–Crippen MR) is 129 cm³/mol. The van der Waals surface area contributed by atoms with E-state index in [0.717, 1.165) is 35.3 Å². The first-order chi connectivity index (χ1) is 15.8. The molecule has 3 amide bonds. The summed E-state index contributed by atoms with van der Waals surface area (Å²) in [5.41, 5.74) is 8.05. The van der Waals surface area contributed by atoms with E-state index in [-0.39, 0.29) is 17.9 Å². The van der Waals surface area contributed by atoms with E-state index in [2.05, 4.69) is 22.5 Å². The van der Waals surface area contributed by atoms with Crippen LogP contribution in [0.3, 0.4) is 0 Å². The van der Waals surface area contributed by atoms with E-state index >= 15 is 0 Å². The normalized spacial score (nSPS) is 17.6. The minimum absolute atomic E-state index is 0.127. The van der Waals surface area contributed by atoms with Crippen molar-refractivity contribution in [3.63, 3.8) is 0 Å². The number of hydrogen-bond donors (Lipinski definition) is 3. The van der Waals surface area contributed by atoms with E-state index in [0.29, 0.717) is 26.1 Å². The first kappa shape index (κ1) is 24.1. The van der Waals surface area contributed by atoms with Crippen LogP contribution in [0.2, 0.25) is 0 Å². The number of nitrogens with two attached hydrogens (primary N) is 1. The fourth-order valence-electron chi connectivity index (χ4n) is 3.77. The van der Waals surface area contributed by atoms with Gasteiger partial charge >= 0.3 is 6.03 Å². The van der Waals surface area contributed by atoms with Gasteiger partial charge in [0.25, 0.3) is 5.91 Å². The minimum atomic E-state index is -0.953. The summed E-state index contributed by atoms with van der Waals surface area (Å²) in [6.07, 6.45) is 2.43. The van der Waals surface area contributed by atoms with Gasteiger partial charge in [-0.05, 0) is 42.2 Å². The number of aliphatic imine (C=N–C) groups is 1. The molecule has 33 heavy (non-hydrogen) atoms. The van der Waals surface area contributed by atoms with Crippen LogP contribution in [-0.4, -0.2) is 42.0 Å². The molecule has 0 saturated carbocycles. The van der Waals surface area contributed by atoms with Gasteiger partial charge in [-0.1, -0.05) is 49.7 Å². The smallest absolute Gasteiger partial charge is 0.315 e. The number of benzene rings is 2. The highest BCUT2D eigenvalue weighted by atomic mass is 16.5. The largest absolute Gasteiger partial charge is 0.497 e. The zero-order chi connectivity index (χ0) is 23.8. The van der Waals surface area contributed by atoms with Gasteiger partial charge in [-0.25, -0.2) is 9.79 Å². The molecule has 8 heteroatoms. The minimum Gasteiger partial charge on any atom is -0.497 e. The lowest BCUT2D eigenvalue weighted by Crippen LogP contribution is -2.43. The SMILES string of the molecule is CCCCNC(=O)NCc1ccc(CN2C(=O)C(C)(Cc3cccc(OC)c3)N=C2N)cc1. The van der Waals surface area contributed by atoms with Gasteiger partial charge < -0.3 is 21.1 Å². The van der Waals surface area contributed by atoms with E-state index in [1.54, 1.807) is 7.11 Å². The second kappa shape index (κ2) is 10.8. The zero-order valence-corrected chi connectivity index (χ0v) is 19.6. The maximum absolute atomic E-state index is 13.2. The summed E-state index contributed by atoms with van der Waals surface area (Å²) in [7, 11) is 1.61. The quantitative estimate of drug-likeness (QED) is 0.483. The summed E-state index contributed by atoms with van der Waals surface area (Å²) in [6, 6.07) is 15.2. The van der Waals surface area contributed by atoms with Crippen molar-refractivity contribution in [2.45, 2.75) is 51.7 Å². The number of rotatable bonds is 10. The van der Waals surface area contributed by atoms with Gasteiger partial charge in [-0.3, -0.25) is 9.69 Å². The van der Waals surface area contributed by atoms with Crippen molar-refractivity contribution >= 4 is 17.9 Å². The summed E-state index contributed by atoms with van der Waals surface area (Å²) in [6.45, 7) is 5.33. The van der Waals surface area contributed by atoms with Crippen LogP contribution in [0.5, 0.6) is 5.75 Å². The van der Waals surface area contributed by atoms with E-state index < -0.39 is 5.54 Å². The number of nitrogens with one attached hydrogen (secondary N) is 2. The first-order valence-electron chi connectivity index (χ1n) is 11.2. The van der Waals surface area contributed by atoms with Crippen molar-refractivity contribution in [3.8, 4) is 5.75 Å². The van der Waals surface area contributed by atoms with Crippen molar-refractivity contribution in [1.82, 2.24) is 15.5 Å². The van der Waals surface area contributed by atoms with Gasteiger partial charge in [-0.15, -0.1) is 0 Å². The van der Waals surface area contributed by atoms with Crippen LogP contribution in [0.1, 0.15) is 43.4 Å². The average molecular weight is 452 g/mol. The second-order valence-corrected chi connectivity index (χ2v) is 8.44. The summed E-state index contributed by atoms with van der Waals surface area (Å²) in [5, 5.41) is 5.67. The van der Waals surface area contributed by atoms with Crippen molar-refractivity contribution in [2.24, 2.45) is 10.7 Å². The fraction of sp³-hybridized carbons (Fsp3) is 0.400. The number of amides is 3. The third-order valence-corrected chi connectivity index (χ3v) is 5.66. The molecule has 1 atom stereocenters. The molecular formula is C25H33N5O3. The Morgan fingerprint density at radius 1 is 1.12 bits per heavy atom. The molecule has 1 unspecified atom stereocenters. The van der Waals surface area contributed by atoms with Crippen molar-refractivity contribution in [2.75, 3.05) is 13.7 Å². The fourth-order valence-corrected chi connectivity index (χ4v) is 3.77. The Hall–Kier alpha value is -3.55. The standard InChI is InChI=1S/C25H33N5O3/c1-4-5-13-27-24(32)28-16-18-9-11-19(12-10-18)17-30-22(31)25(2,29-23(30)26)15-20-7-6-8-21(14-20)33-3/h6-12,14H,4-5,13,15-17H2,1-3H3,(H2,26,29)(H2,27,28,32). The number of methoxy groups -OCH3 is 1. The molecule has 3 rings (SSSR count). The Balaban J connectivity index is 1.58. The highest BCUT2D eigenvalue weighted by Crippen LogP contribution is 2.28. The molecule has 1 aliphatic heterocycles. The molecule has 0 aliphatic carbocycles. The van der Waals surface area contributed by atoms with Gasteiger partial charge in [0.1, 0.15) is 11.3 Å². The Kier molecular flexibility index (Phi) is 7.92. The van der Waals surface area contributed by atoms with Crippen molar-refractivity contribution in [1.29, 1.82) is 0 Å². The van der Waals surface area contributed by atoms with Crippen LogP contribution in [0.4, 0.5) is 4.79 Å². The molecule has 1 aliphatic rings. The molecule has 8 nitrogen and oxygen atoms in total. The summed E-state index contributed by atoms with van der Waals surface area (Å²) >= 11 is 0. The molecule has 0 bridgehead atoms. The van der Waals surface area contributed by atoms with Gasteiger partial charge in [0, 0.05) is 19.5 Å². The molecule has 2 aromatic carbocycles. The molecule has 2 aromatic rings. The molecule has 0 saturated heterocycles. The van der Waals surface area contributed by atoms with Crippen LogP contribution in [0, 0.1) is 0 Å². The van der Waals surface area contributed by atoms with Crippen LogP contribution in [0.25, 0.3) is 0 Å². The number of carbonyl (C=O) groups is 2. The average Bonchev–Trinajstić information content (AvgIpc) is 3.01. The number of carbonyl (C=O) groups excluding carboxylic acids is 2. The third-order valence-electron chi connectivity index (χ3n) is 5.66. The number of nitrogens with zero attached hydrogens (tertiary/aromatic N) is 2. The molecule has 1 heterocycles. The Morgan fingerprint density at radius 2 is 1.85 bits per heavy atom. The van der Waals surface area contributed by atoms with Crippen molar-refractivity contribution in [3.05, 3.63) is 65.2 Å². The lowest BCUT2D eigenvalue weighted by molar-refractivity contribution is -0.131.